The molecule has 25 heavy (non-hydrogen) atoms. The number of piperidine rings is 1. The Kier molecular flexibility index (Phi) is 5.16. The van der Waals surface area contributed by atoms with Crippen LogP contribution in [0.1, 0.15) is 39.9 Å². The summed E-state index contributed by atoms with van der Waals surface area (Å²) in [4.78, 5) is 14.2. The molecule has 1 saturated heterocycles. The van der Waals surface area contributed by atoms with Gasteiger partial charge in [-0.25, -0.2) is 4.39 Å². The van der Waals surface area contributed by atoms with Crippen molar-refractivity contribution < 1.29 is 14.3 Å². The number of aryl methyl sites for hydroxylation is 1. The number of carbonyl (C=O) groups is 1. The highest BCUT2D eigenvalue weighted by Crippen LogP contribution is 2.14. The standard InChI is InChI=1S/C21H20FNO2/c1-15-14-17(6-9-20(15)22)3-2-16-4-7-18(8-5-16)21(25)23-12-10-19(24)11-13-23/h4-9,14,19,24H,10-13H2,1H3. The Bertz CT molecular complexity index is 825. The van der Waals surface area contributed by atoms with E-state index in [1.54, 1.807) is 36.1 Å². The number of hydrogen-bond acceptors (Lipinski definition) is 2. The zero-order valence-corrected chi connectivity index (χ0v) is 14.1. The quantitative estimate of drug-likeness (QED) is 0.812. The minimum atomic E-state index is -0.295. The Balaban J connectivity index is 1.69. The van der Waals surface area contributed by atoms with Crippen molar-refractivity contribution in [2.45, 2.75) is 25.9 Å². The van der Waals surface area contributed by atoms with Crippen LogP contribution in [0.2, 0.25) is 0 Å². The van der Waals surface area contributed by atoms with Crippen molar-refractivity contribution in [1.82, 2.24) is 4.90 Å². The number of amides is 1. The Morgan fingerprint density at radius 2 is 1.68 bits per heavy atom. The molecular weight excluding hydrogens is 317 g/mol. The third-order valence-electron chi connectivity index (χ3n) is 4.39. The lowest BCUT2D eigenvalue weighted by atomic mass is 10.1. The number of rotatable bonds is 1. The fraction of sp³-hybridized carbons (Fsp3) is 0.286. The molecule has 2 aromatic rings. The van der Waals surface area contributed by atoms with Gasteiger partial charge in [0, 0.05) is 29.8 Å². The molecule has 1 N–H and O–H groups in total. The van der Waals surface area contributed by atoms with E-state index in [1.165, 1.54) is 6.07 Å². The van der Waals surface area contributed by atoms with Crippen LogP contribution < -0.4 is 0 Å². The number of nitrogens with zero attached hydrogens (tertiary/aromatic N) is 1. The average Bonchev–Trinajstić information content (AvgIpc) is 2.63. The summed E-state index contributed by atoms with van der Waals surface area (Å²) in [7, 11) is 0. The normalized spacial score (nSPS) is 14.8. The summed E-state index contributed by atoms with van der Waals surface area (Å²) in [5.41, 5.74) is 2.75. The highest BCUT2D eigenvalue weighted by molar-refractivity contribution is 5.94. The average molecular weight is 337 g/mol. The van der Waals surface area contributed by atoms with E-state index in [0.29, 0.717) is 37.1 Å². The molecule has 1 fully saturated rings. The fourth-order valence-corrected chi connectivity index (χ4v) is 2.81. The summed E-state index contributed by atoms with van der Waals surface area (Å²) < 4.78 is 13.3. The Morgan fingerprint density at radius 3 is 2.32 bits per heavy atom. The van der Waals surface area contributed by atoms with E-state index >= 15 is 0 Å². The fourth-order valence-electron chi connectivity index (χ4n) is 2.81. The topological polar surface area (TPSA) is 40.5 Å². The first kappa shape index (κ1) is 17.2. The summed E-state index contributed by atoms with van der Waals surface area (Å²) in [6.45, 7) is 2.89. The Hall–Kier alpha value is -2.64. The lowest BCUT2D eigenvalue weighted by molar-refractivity contribution is 0.0546. The molecule has 128 valence electrons. The number of likely N-dealkylation sites (tertiary alicyclic amines) is 1. The Morgan fingerprint density at radius 1 is 1.08 bits per heavy atom. The molecule has 1 amide bonds. The zero-order valence-electron chi connectivity index (χ0n) is 14.1. The Labute approximate surface area is 147 Å². The maximum Gasteiger partial charge on any atom is 0.253 e. The molecule has 0 aromatic heterocycles. The first-order valence-electron chi connectivity index (χ1n) is 8.38. The lowest BCUT2D eigenvalue weighted by Gasteiger charge is -2.29. The molecule has 0 unspecified atom stereocenters. The minimum Gasteiger partial charge on any atom is -0.393 e. The van der Waals surface area contributed by atoms with Crippen molar-refractivity contribution >= 4 is 5.91 Å². The van der Waals surface area contributed by atoms with Crippen LogP contribution in [0.15, 0.2) is 42.5 Å². The van der Waals surface area contributed by atoms with Crippen molar-refractivity contribution in [3.05, 3.63) is 70.5 Å². The lowest BCUT2D eigenvalue weighted by Crippen LogP contribution is -2.40. The maximum absolute atomic E-state index is 13.3. The molecule has 3 rings (SSSR count). The van der Waals surface area contributed by atoms with Crippen LogP contribution in [0.25, 0.3) is 0 Å². The molecule has 0 saturated carbocycles. The summed E-state index contributed by atoms with van der Waals surface area (Å²) in [5.74, 6) is 5.78. The van der Waals surface area contributed by atoms with E-state index in [4.69, 9.17) is 0 Å². The SMILES string of the molecule is Cc1cc(C#Cc2ccc(C(=O)N3CCC(O)CC3)cc2)ccc1F. The van der Waals surface area contributed by atoms with E-state index in [2.05, 4.69) is 11.8 Å². The molecule has 0 spiro atoms. The van der Waals surface area contributed by atoms with Gasteiger partial charge in [-0.3, -0.25) is 4.79 Å². The maximum atomic E-state index is 13.3. The van der Waals surface area contributed by atoms with Crippen molar-refractivity contribution in [1.29, 1.82) is 0 Å². The largest absolute Gasteiger partial charge is 0.393 e. The monoisotopic (exact) mass is 337 g/mol. The van der Waals surface area contributed by atoms with Gasteiger partial charge in [0.25, 0.3) is 5.91 Å². The molecule has 0 radical (unpaired) electrons. The van der Waals surface area contributed by atoms with Gasteiger partial charge in [0.05, 0.1) is 6.10 Å². The molecule has 1 aliphatic rings. The molecule has 0 bridgehead atoms. The second kappa shape index (κ2) is 7.50. The first-order valence-corrected chi connectivity index (χ1v) is 8.38. The van der Waals surface area contributed by atoms with E-state index in [0.717, 1.165) is 11.1 Å². The van der Waals surface area contributed by atoms with E-state index in [-0.39, 0.29) is 17.8 Å². The highest BCUT2D eigenvalue weighted by atomic mass is 19.1. The minimum absolute atomic E-state index is 0.0134. The van der Waals surface area contributed by atoms with Crippen LogP contribution in [0.3, 0.4) is 0 Å². The summed E-state index contributed by atoms with van der Waals surface area (Å²) in [6.07, 6.45) is 0.968. The van der Waals surface area contributed by atoms with Crippen molar-refractivity contribution in [2.24, 2.45) is 0 Å². The molecule has 3 nitrogen and oxygen atoms in total. The number of halogens is 1. The van der Waals surface area contributed by atoms with Gasteiger partial charge in [-0.2, -0.15) is 0 Å². The molecular formula is C21H20FNO2. The van der Waals surface area contributed by atoms with Gasteiger partial charge < -0.3 is 10.0 Å². The van der Waals surface area contributed by atoms with Crippen LogP contribution in [0.5, 0.6) is 0 Å². The van der Waals surface area contributed by atoms with E-state index < -0.39 is 0 Å². The van der Waals surface area contributed by atoms with Gasteiger partial charge >= 0.3 is 0 Å². The van der Waals surface area contributed by atoms with E-state index in [9.17, 15) is 14.3 Å². The predicted molar refractivity (Wildman–Crippen MR) is 94.7 cm³/mol. The summed E-state index contributed by atoms with van der Waals surface area (Å²) in [5, 5.41) is 9.53. The van der Waals surface area contributed by atoms with E-state index in [1.807, 2.05) is 12.1 Å². The number of carbonyl (C=O) groups excluding carboxylic acids is 1. The zero-order chi connectivity index (χ0) is 17.8. The number of hydrogen-bond donors (Lipinski definition) is 1. The summed E-state index contributed by atoms with van der Waals surface area (Å²) in [6, 6.07) is 11.9. The molecule has 0 aliphatic carbocycles. The van der Waals surface area contributed by atoms with Gasteiger partial charge in [0.1, 0.15) is 5.82 Å². The van der Waals surface area contributed by atoms with Crippen molar-refractivity contribution in [3.8, 4) is 11.8 Å². The van der Waals surface area contributed by atoms with Crippen LogP contribution in [-0.2, 0) is 0 Å². The smallest absolute Gasteiger partial charge is 0.253 e. The third-order valence-corrected chi connectivity index (χ3v) is 4.39. The van der Waals surface area contributed by atoms with Crippen LogP contribution in [-0.4, -0.2) is 35.1 Å². The molecule has 1 aliphatic heterocycles. The second-order valence-corrected chi connectivity index (χ2v) is 6.31. The van der Waals surface area contributed by atoms with Gasteiger partial charge in [-0.1, -0.05) is 11.8 Å². The van der Waals surface area contributed by atoms with Crippen LogP contribution >= 0.6 is 0 Å². The van der Waals surface area contributed by atoms with Crippen LogP contribution in [0, 0.1) is 24.6 Å². The molecule has 0 atom stereocenters. The van der Waals surface area contributed by atoms with Gasteiger partial charge in [0.15, 0.2) is 0 Å². The van der Waals surface area contributed by atoms with Crippen LogP contribution in [0.4, 0.5) is 4.39 Å². The molecule has 2 aromatic carbocycles. The summed E-state index contributed by atoms with van der Waals surface area (Å²) >= 11 is 0. The van der Waals surface area contributed by atoms with Gasteiger partial charge in [-0.15, -0.1) is 0 Å². The van der Waals surface area contributed by atoms with Crippen molar-refractivity contribution in [2.75, 3.05) is 13.1 Å². The second-order valence-electron chi connectivity index (χ2n) is 6.31. The van der Waals surface area contributed by atoms with Gasteiger partial charge in [0.2, 0.25) is 0 Å². The first-order chi connectivity index (χ1) is 12.0. The number of benzene rings is 2. The molecule has 1 heterocycles. The number of aliphatic hydroxyl groups excluding tert-OH is 1. The highest BCUT2D eigenvalue weighted by Gasteiger charge is 2.22. The third kappa shape index (κ3) is 4.26. The number of aliphatic hydroxyl groups is 1. The van der Waals surface area contributed by atoms with Gasteiger partial charge in [-0.05, 0) is 67.8 Å². The molecule has 4 heteroatoms. The van der Waals surface area contributed by atoms with Crippen molar-refractivity contribution in [3.63, 3.8) is 0 Å². The predicted octanol–water partition coefficient (Wildman–Crippen LogP) is 3.13.